The van der Waals surface area contributed by atoms with E-state index in [1.807, 2.05) is 36.5 Å². The summed E-state index contributed by atoms with van der Waals surface area (Å²) in [5.41, 5.74) is 11.5. The number of fused-ring (bicyclic) bond motifs is 1. The smallest absolute Gasteiger partial charge is 0.264 e. The van der Waals surface area contributed by atoms with Crippen LogP contribution in [0.15, 0.2) is 89.0 Å². The first-order valence-electron chi connectivity index (χ1n) is 10.4. The number of hydrogen-bond acceptors (Lipinski definition) is 8. The number of aryl methyl sites for hydroxylation is 1. The normalized spacial score (nSPS) is 11.1. The van der Waals surface area contributed by atoms with E-state index in [0.29, 0.717) is 12.2 Å². The number of amides is 1. The maximum Gasteiger partial charge on any atom is 0.264 e. The van der Waals surface area contributed by atoms with Crippen LogP contribution in [0.5, 0.6) is 0 Å². The Labute approximate surface area is 206 Å². The first-order valence-corrected chi connectivity index (χ1v) is 12.1. The third-order valence-electron chi connectivity index (χ3n) is 4.67. The zero-order chi connectivity index (χ0) is 24.3. The number of para-hydroxylation sites is 1. The number of H-pyrrole nitrogens is 1. The van der Waals surface area contributed by atoms with E-state index >= 15 is 0 Å². The van der Waals surface area contributed by atoms with Gasteiger partial charge in [-0.3, -0.25) is 14.7 Å². The van der Waals surface area contributed by atoms with Crippen LogP contribution in [0.1, 0.15) is 5.56 Å². The third kappa shape index (κ3) is 7.65. The molecule has 0 aliphatic rings. The number of hydroxylamine groups is 1. The van der Waals surface area contributed by atoms with Gasteiger partial charge in [0.2, 0.25) is 0 Å². The van der Waals surface area contributed by atoms with Crippen LogP contribution >= 0.6 is 23.3 Å². The molecule has 4 rings (SSSR count). The lowest BCUT2D eigenvalue weighted by atomic mass is 10.2. The van der Waals surface area contributed by atoms with Crippen LogP contribution in [0.4, 0.5) is 0 Å². The fraction of sp³-hybridized carbons (Fsp3) is 0.125. The van der Waals surface area contributed by atoms with Gasteiger partial charge < -0.3 is 15.7 Å². The lowest BCUT2D eigenvalue weighted by Crippen LogP contribution is -2.37. The Morgan fingerprint density at radius 2 is 1.88 bits per heavy atom. The first kappa shape index (κ1) is 25.3. The number of nitrogens with two attached hydrogens (primary N) is 2. The van der Waals surface area contributed by atoms with Crippen molar-refractivity contribution < 1.29 is 10.0 Å². The van der Waals surface area contributed by atoms with Gasteiger partial charge in [0.05, 0.1) is 4.21 Å². The molecule has 34 heavy (non-hydrogen) atoms. The number of benzene rings is 2. The van der Waals surface area contributed by atoms with E-state index in [4.69, 9.17) is 16.8 Å². The second-order valence-corrected chi connectivity index (χ2v) is 9.61. The monoisotopic (exact) mass is 496 g/mol. The Morgan fingerprint density at radius 3 is 2.62 bits per heavy atom. The van der Waals surface area contributed by atoms with Gasteiger partial charge in [-0.2, -0.15) is 0 Å². The van der Waals surface area contributed by atoms with Crippen LogP contribution in [0.25, 0.3) is 21.3 Å². The van der Waals surface area contributed by atoms with Crippen molar-refractivity contribution in [2.75, 3.05) is 13.1 Å². The van der Waals surface area contributed by atoms with Crippen LogP contribution in [0, 0.1) is 6.92 Å². The highest BCUT2D eigenvalue weighted by molar-refractivity contribution is 7.99. The van der Waals surface area contributed by atoms with Gasteiger partial charge in [-0.25, -0.2) is 11.3 Å². The average Bonchev–Trinajstić information content (AvgIpc) is 3.47. The Kier molecular flexibility index (Phi) is 9.56. The Bertz CT molecular complexity index is 1220. The molecule has 0 fully saturated rings. The minimum Gasteiger partial charge on any atom is -0.400 e. The molecular formula is C24H28N6O2S2. The number of aromatic amines is 1. The average molecular weight is 497 g/mol. The van der Waals surface area contributed by atoms with Crippen molar-refractivity contribution in [1.29, 1.82) is 0 Å². The quantitative estimate of drug-likeness (QED) is 0.0941. The number of aromatic nitrogens is 1. The van der Waals surface area contributed by atoms with Gasteiger partial charge in [-0.1, -0.05) is 48.5 Å². The van der Waals surface area contributed by atoms with Gasteiger partial charge in [-0.05, 0) is 48.2 Å². The largest absolute Gasteiger partial charge is 0.400 e. The maximum atomic E-state index is 11.0. The van der Waals surface area contributed by atoms with Crippen molar-refractivity contribution in [3.8, 4) is 10.4 Å². The fourth-order valence-corrected chi connectivity index (χ4v) is 4.92. The SMILES string of the molecule is Cc1c[nH]c2ccccc12.N/C(=C\N(N)CC(=O)NO)CNSc1ccc(-c2ccccc2)s1. The summed E-state index contributed by atoms with van der Waals surface area (Å²) in [6.07, 6.45) is 3.47. The van der Waals surface area contributed by atoms with E-state index in [9.17, 15) is 4.79 Å². The molecule has 2 aromatic heterocycles. The molecule has 4 aromatic rings. The van der Waals surface area contributed by atoms with Crippen LogP contribution in [0.3, 0.4) is 0 Å². The van der Waals surface area contributed by atoms with Crippen molar-refractivity contribution in [2.45, 2.75) is 11.1 Å². The minimum atomic E-state index is -0.615. The molecule has 0 saturated heterocycles. The van der Waals surface area contributed by atoms with Crippen LogP contribution in [0.2, 0.25) is 0 Å². The van der Waals surface area contributed by atoms with Gasteiger partial charge in [0.25, 0.3) is 5.91 Å². The van der Waals surface area contributed by atoms with Gasteiger partial charge in [0.15, 0.2) is 0 Å². The molecule has 0 saturated carbocycles. The fourth-order valence-electron chi connectivity index (χ4n) is 3.05. The van der Waals surface area contributed by atoms with Gasteiger partial charge in [0, 0.05) is 40.4 Å². The molecule has 10 heteroatoms. The number of carbonyl (C=O) groups excluding carboxylic acids is 1. The van der Waals surface area contributed by atoms with E-state index in [2.05, 4.69) is 53.0 Å². The summed E-state index contributed by atoms with van der Waals surface area (Å²) < 4.78 is 4.26. The van der Waals surface area contributed by atoms with Crippen LogP contribution in [-0.2, 0) is 4.79 Å². The molecule has 1 amide bonds. The first-order chi connectivity index (χ1) is 16.5. The molecule has 2 aromatic carbocycles. The molecule has 0 bridgehead atoms. The summed E-state index contributed by atoms with van der Waals surface area (Å²) in [4.78, 5) is 15.3. The lowest BCUT2D eigenvalue weighted by Gasteiger charge is -2.13. The van der Waals surface area contributed by atoms with E-state index in [1.54, 1.807) is 11.3 Å². The molecule has 0 unspecified atom stereocenters. The van der Waals surface area contributed by atoms with Crippen molar-refractivity contribution in [3.05, 3.63) is 90.4 Å². The lowest BCUT2D eigenvalue weighted by molar-refractivity contribution is -0.129. The van der Waals surface area contributed by atoms with Crippen LogP contribution in [-0.4, -0.2) is 34.2 Å². The molecule has 8 N–H and O–H groups in total. The Hall–Kier alpha value is -3.28. The predicted octanol–water partition coefficient (Wildman–Crippen LogP) is 3.97. The minimum absolute atomic E-state index is 0.185. The molecule has 0 spiro atoms. The number of hydrogen-bond donors (Lipinski definition) is 6. The topological polar surface area (TPSA) is 132 Å². The second kappa shape index (κ2) is 12.8. The number of nitrogens with one attached hydrogen (secondary N) is 3. The number of thiophene rings is 1. The zero-order valence-corrected chi connectivity index (χ0v) is 20.3. The zero-order valence-electron chi connectivity index (χ0n) is 18.7. The van der Waals surface area contributed by atoms with Gasteiger partial charge >= 0.3 is 0 Å². The van der Waals surface area contributed by atoms with Crippen molar-refractivity contribution in [3.63, 3.8) is 0 Å². The second-order valence-electron chi connectivity index (χ2n) is 7.34. The highest BCUT2D eigenvalue weighted by Crippen LogP contribution is 2.32. The number of rotatable bonds is 8. The van der Waals surface area contributed by atoms with E-state index in [1.165, 1.54) is 50.5 Å². The summed E-state index contributed by atoms with van der Waals surface area (Å²) >= 11 is 3.17. The molecule has 0 aliphatic carbocycles. The Balaban J connectivity index is 0.000000266. The molecule has 178 valence electrons. The van der Waals surface area contributed by atoms with Gasteiger partial charge in [-0.15, -0.1) is 11.3 Å². The van der Waals surface area contributed by atoms with Crippen LogP contribution < -0.4 is 21.8 Å². The molecule has 8 nitrogen and oxygen atoms in total. The molecular weight excluding hydrogens is 468 g/mol. The molecule has 0 atom stereocenters. The molecule has 0 radical (unpaired) electrons. The summed E-state index contributed by atoms with van der Waals surface area (Å²) in [6, 6.07) is 22.6. The third-order valence-corrected chi connectivity index (χ3v) is 6.72. The van der Waals surface area contributed by atoms with Crippen molar-refractivity contribution in [2.24, 2.45) is 11.6 Å². The molecule has 0 aliphatic heterocycles. The maximum absolute atomic E-state index is 11.0. The Morgan fingerprint density at radius 1 is 1.15 bits per heavy atom. The number of hydrazine groups is 1. The van der Waals surface area contributed by atoms with E-state index in [0.717, 1.165) is 9.22 Å². The summed E-state index contributed by atoms with van der Waals surface area (Å²) in [5, 5.41) is 10.8. The summed E-state index contributed by atoms with van der Waals surface area (Å²) in [7, 11) is 0. The highest BCUT2D eigenvalue weighted by Gasteiger charge is 2.05. The number of carbonyl (C=O) groups is 1. The van der Waals surface area contributed by atoms with Gasteiger partial charge in [0.1, 0.15) is 6.54 Å². The van der Waals surface area contributed by atoms with Crippen molar-refractivity contribution >= 4 is 40.1 Å². The predicted molar refractivity (Wildman–Crippen MR) is 140 cm³/mol. The number of nitrogens with zero attached hydrogens (tertiary/aromatic N) is 1. The standard InChI is InChI=1S/C15H19N5O2S2.C9H9N/c16-12(9-20(17)10-14(21)19-22)8-18-24-15-7-6-13(23-15)11-4-2-1-3-5-11;1-7-6-10-9-5-3-2-4-8(7)9/h1-7,9,18,22H,8,10,16-17H2,(H,19,21);2-6,10H,1H3/b12-9-;. The van der Waals surface area contributed by atoms with E-state index < -0.39 is 5.91 Å². The highest BCUT2D eigenvalue weighted by atomic mass is 32.2. The summed E-state index contributed by atoms with van der Waals surface area (Å²) in [6.45, 7) is 2.33. The van der Waals surface area contributed by atoms with E-state index in [-0.39, 0.29) is 6.54 Å². The summed E-state index contributed by atoms with van der Waals surface area (Å²) in [5.74, 6) is 4.96. The van der Waals surface area contributed by atoms with Crippen molar-refractivity contribution in [1.82, 2.24) is 20.2 Å². The molecule has 2 heterocycles.